The predicted molar refractivity (Wildman–Crippen MR) is 75.5 cm³/mol. The molecule has 0 amide bonds. The molecule has 1 aliphatic rings. The summed E-state index contributed by atoms with van der Waals surface area (Å²) in [6.45, 7) is 6.91. The van der Waals surface area contributed by atoms with Gasteiger partial charge in [-0.15, -0.1) is 0 Å². The highest BCUT2D eigenvalue weighted by atomic mass is 15.1. The molecule has 1 aromatic rings. The summed E-state index contributed by atoms with van der Waals surface area (Å²) in [6.07, 6.45) is 5.01. The van der Waals surface area contributed by atoms with Crippen LogP contribution in [0.15, 0.2) is 18.2 Å². The zero-order valence-electron chi connectivity index (χ0n) is 11.1. The van der Waals surface area contributed by atoms with E-state index in [2.05, 4.69) is 36.9 Å². The van der Waals surface area contributed by atoms with E-state index < -0.39 is 0 Å². The van der Waals surface area contributed by atoms with Crippen LogP contribution < -0.4 is 10.6 Å². The van der Waals surface area contributed by atoms with Gasteiger partial charge in [-0.3, -0.25) is 0 Å². The van der Waals surface area contributed by atoms with Crippen LogP contribution >= 0.6 is 0 Å². The van der Waals surface area contributed by atoms with Crippen LogP contribution in [0, 0.1) is 5.92 Å². The molecule has 1 atom stereocenters. The molecule has 1 saturated heterocycles. The lowest BCUT2D eigenvalue weighted by Crippen LogP contribution is -2.24. The SMILES string of the molecule is CCc1cc(N2CCCC(C)CC2)ccc1N. The van der Waals surface area contributed by atoms with Gasteiger partial charge in [0.2, 0.25) is 0 Å². The van der Waals surface area contributed by atoms with Crippen LogP contribution in [0.25, 0.3) is 0 Å². The minimum atomic E-state index is 0.874. The van der Waals surface area contributed by atoms with Crippen molar-refractivity contribution < 1.29 is 0 Å². The fraction of sp³-hybridized carbons (Fsp3) is 0.600. The van der Waals surface area contributed by atoms with Gasteiger partial charge in [-0.05, 0) is 55.4 Å². The molecule has 1 aliphatic heterocycles. The first-order chi connectivity index (χ1) is 8.20. The van der Waals surface area contributed by atoms with Gasteiger partial charge >= 0.3 is 0 Å². The number of nitrogens with two attached hydrogens (primary N) is 1. The van der Waals surface area contributed by atoms with E-state index in [0.717, 1.165) is 18.0 Å². The third-order valence-electron chi connectivity index (χ3n) is 3.89. The minimum Gasteiger partial charge on any atom is -0.399 e. The Hall–Kier alpha value is -1.18. The second kappa shape index (κ2) is 5.44. The number of hydrogen-bond donors (Lipinski definition) is 1. The largest absolute Gasteiger partial charge is 0.399 e. The average Bonchev–Trinajstić information content (AvgIpc) is 2.55. The summed E-state index contributed by atoms with van der Waals surface area (Å²) in [5.41, 5.74) is 9.52. The van der Waals surface area contributed by atoms with Crippen LogP contribution in [0.1, 0.15) is 38.7 Å². The Balaban J connectivity index is 2.15. The number of anilines is 2. The van der Waals surface area contributed by atoms with Crippen molar-refractivity contribution in [1.82, 2.24) is 0 Å². The van der Waals surface area contributed by atoms with Crippen LogP contribution in [0.3, 0.4) is 0 Å². The van der Waals surface area contributed by atoms with E-state index in [9.17, 15) is 0 Å². The monoisotopic (exact) mass is 232 g/mol. The maximum atomic E-state index is 5.96. The number of rotatable bonds is 2. The zero-order chi connectivity index (χ0) is 12.3. The molecule has 0 aromatic heterocycles. The number of benzene rings is 1. The Kier molecular flexibility index (Phi) is 3.93. The summed E-state index contributed by atoms with van der Waals surface area (Å²) >= 11 is 0. The smallest absolute Gasteiger partial charge is 0.0370 e. The maximum absolute atomic E-state index is 5.96. The van der Waals surface area contributed by atoms with E-state index in [-0.39, 0.29) is 0 Å². The molecule has 2 nitrogen and oxygen atoms in total. The molecule has 0 aliphatic carbocycles. The molecule has 2 rings (SSSR count). The minimum absolute atomic E-state index is 0.874. The fourth-order valence-electron chi connectivity index (χ4n) is 2.62. The van der Waals surface area contributed by atoms with Gasteiger partial charge in [-0.25, -0.2) is 0 Å². The fourth-order valence-corrected chi connectivity index (χ4v) is 2.62. The number of hydrogen-bond acceptors (Lipinski definition) is 2. The van der Waals surface area contributed by atoms with E-state index in [1.807, 2.05) is 0 Å². The van der Waals surface area contributed by atoms with E-state index >= 15 is 0 Å². The lowest BCUT2D eigenvalue weighted by Gasteiger charge is -2.23. The van der Waals surface area contributed by atoms with Crippen molar-refractivity contribution in [2.75, 3.05) is 23.7 Å². The third kappa shape index (κ3) is 2.93. The Morgan fingerprint density at radius 3 is 2.88 bits per heavy atom. The molecule has 0 radical (unpaired) electrons. The van der Waals surface area contributed by atoms with Gasteiger partial charge in [0.1, 0.15) is 0 Å². The van der Waals surface area contributed by atoms with Gasteiger partial charge in [0.05, 0.1) is 0 Å². The van der Waals surface area contributed by atoms with Crippen molar-refractivity contribution in [3.63, 3.8) is 0 Å². The van der Waals surface area contributed by atoms with Crippen molar-refractivity contribution >= 4 is 11.4 Å². The third-order valence-corrected chi connectivity index (χ3v) is 3.89. The lowest BCUT2D eigenvalue weighted by atomic mass is 10.0. The Bertz CT molecular complexity index is 373. The second-order valence-electron chi connectivity index (χ2n) is 5.26. The first kappa shape index (κ1) is 12.3. The van der Waals surface area contributed by atoms with Crippen molar-refractivity contribution in [3.05, 3.63) is 23.8 Å². The first-order valence-electron chi connectivity index (χ1n) is 6.84. The first-order valence-corrected chi connectivity index (χ1v) is 6.84. The maximum Gasteiger partial charge on any atom is 0.0370 e. The van der Waals surface area contributed by atoms with Crippen molar-refractivity contribution in [1.29, 1.82) is 0 Å². The number of nitrogens with zero attached hydrogens (tertiary/aromatic N) is 1. The highest BCUT2D eigenvalue weighted by Gasteiger charge is 2.14. The Morgan fingerprint density at radius 1 is 1.29 bits per heavy atom. The van der Waals surface area contributed by atoms with Crippen LogP contribution in [0.2, 0.25) is 0 Å². The molecule has 0 spiro atoms. The highest BCUT2D eigenvalue weighted by molar-refractivity contribution is 5.58. The average molecular weight is 232 g/mol. The molecule has 1 unspecified atom stereocenters. The summed E-state index contributed by atoms with van der Waals surface area (Å²) < 4.78 is 0. The van der Waals surface area contributed by atoms with Crippen LogP contribution in [0.5, 0.6) is 0 Å². The predicted octanol–water partition coefficient (Wildman–Crippen LogP) is 3.46. The van der Waals surface area contributed by atoms with Crippen LogP contribution in [-0.2, 0) is 6.42 Å². The highest BCUT2D eigenvalue weighted by Crippen LogP contribution is 2.25. The van der Waals surface area contributed by atoms with E-state index in [4.69, 9.17) is 5.73 Å². The van der Waals surface area contributed by atoms with Crippen molar-refractivity contribution in [2.45, 2.75) is 39.5 Å². The van der Waals surface area contributed by atoms with Gasteiger partial charge in [-0.2, -0.15) is 0 Å². The molecule has 17 heavy (non-hydrogen) atoms. The van der Waals surface area contributed by atoms with E-state index in [1.54, 1.807) is 0 Å². The van der Waals surface area contributed by atoms with Crippen molar-refractivity contribution in [3.8, 4) is 0 Å². The molecule has 2 N–H and O–H groups in total. The van der Waals surface area contributed by atoms with E-state index in [0.29, 0.717) is 0 Å². The van der Waals surface area contributed by atoms with Gasteiger partial charge in [0, 0.05) is 24.5 Å². The summed E-state index contributed by atoms with van der Waals surface area (Å²) in [5.74, 6) is 0.874. The molecular weight excluding hydrogens is 208 g/mol. The summed E-state index contributed by atoms with van der Waals surface area (Å²) in [5, 5.41) is 0. The van der Waals surface area contributed by atoms with E-state index in [1.165, 1.54) is 43.6 Å². The summed E-state index contributed by atoms with van der Waals surface area (Å²) in [4.78, 5) is 2.52. The van der Waals surface area contributed by atoms with Crippen molar-refractivity contribution in [2.24, 2.45) is 5.92 Å². The van der Waals surface area contributed by atoms with Crippen LogP contribution in [0.4, 0.5) is 11.4 Å². The molecule has 2 heteroatoms. The Labute approximate surface area is 105 Å². The molecule has 1 heterocycles. The Morgan fingerprint density at radius 2 is 2.12 bits per heavy atom. The second-order valence-corrected chi connectivity index (χ2v) is 5.26. The zero-order valence-corrected chi connectivity index (χ0v) is 11.1. The molecule has 1 aromatic carbocycles. The number of nitrogen functional groups attached to an aromatic ring is 1. The molecule has 94 valence electrons. The van der Waals surface area contributed by atoms with Crippen LogP contribution in [-0.4, -0.2) is 13.1 Å². The molecule has 1 fully saturated rings. The standard InChI is InChI=1S/C15H24N2/c1-3-13-11-14(6-7-15(13)16)17-9-4-5-12(2)8-10-17/h6-7,11-12H,3-5,8-10,16H2,1-2H3. The van der Waals surface area contributed by atoms with Gasteiger partial charge in [0.15, 0.2) is 0 Å². The topological polar surface area (TPSA) is 29.3 Å². The van der Waals surface area contributed by atoms with Gasteiger partial charge in [-0.1, -0.05) is 13.8 Å². The molecule has 0 saturated carbocycles. The van der Waals surface area contributed by atoms with Gasteiger partial charge in [0.25, 0.3) is 0 Å². The molecule has 0 bridgehead atoms. The summed E-state index contributed by atoms with van der Waals surface area (Å²) in [7, 11) is 0. The normalized spacial score (nSPS) is 21.3. The quantitative estimate of drug-likeness (QED) is 0.791. The summed E-state index contributed by atoms with van der Waals surface area (Å²) in [6, 6.07) is 6.50. The lowest BCUT2D eigenvalue weighted by molar-refractivity contribution is 0.521. The van der Waals surface area contributed by atoms with Gasteiger partial charge < -0.3 is 10.6 Å². The molecular formula is C15H24N2. The number of aryl methyl sites for hydroxylation is 1.